The zero-order valence-corrected chi connectivity index (χ0v) is 18.6. The van der Waals surface area contributed by atoms with Crippen molar-refractivity contribution >= 4 is 73.3 Å². The Balaban J connectivity index is 1.52. The van der Waals surface area contributed by atoms with Crippen molar-refractivity contribution in [2.75, 3.05) is 5.32 Å². The number of nitrogens with one attached hydrogen (secondary N) is 1. The van der Waals surface area contributed by atoms with Crippen LogP contribution in [-0.4, -0.2) is 24.3 Å². The smallest absolute Gasteiger partial charge is 0.267 e. The Kier molecular flexibility index (Phi) is 5.43. The van der Waals surface area contributed by atoms with Crippen molar-refractivity contribution in [2.45, 2.75) is 21.1 Å². The summed E-state index contributed by atoms with van der Waals surface area (Å²) < 4.78 is 24.9. The Morgan fingerprint density at radius 3 is 2.62 bits per heavy atom. The molecule has 2 aromatic heterocycles. The fraction of sp³-hybridized carbons (Fsp3) is 0.0556. The Morgan fingerprint density at radius 2 is 1.90 bits per heavy atom. The van der Waals surface area contributed by atoms with Gasteiger partial charge in [0.2, 0.25) is 9.84 Å². The minimum absolute atomic E-state index is 0.190. The lowest BCUT2D eigenvalue weighted by atomic mass is 10.1. The third kappa shape index (κ3) is 4.06. The summed E-state index contributed by atoms with van der Waals surface area (Å²) in [6, 6.07) is 4.81. The first-order chi connectivity index (χ1) is 13.7. The summed E-state index contributed by atoms with van der Waals surface area (Å²) in [5, 5.41) is 4.73. The number of carbonyl (C=O) groups is 1. The monoisotopic (exact) mass is 483 g/mol. The van der Waals surface area contributed by atoms with Gasteiger partial charge in [0.15, 0.2) is 4.34 Å². The van der Waals surface area contributed by atoms with E-state index in [1.807, 2.05) is 0 Å². The van der Waals surface area contributed by atoms with Crippen molar-refractivity contribution in [1.82, 2.24) is 9.97 Å². The molecule has 1 aliphatic rings. The van der Waals surface area contributed by atoms with Crippen molar-refractivity contribution in [3.63, 3.8) is 0 Å². The molecule has 148 valence electrons. The van der Waals surface area contributed by atoms with Gasteiger partial charge in [-0.15, -0.1) is 11.3 Å². The fourth-order valence-corrected chi connectivity index (χ4v) is 6.66. The maximum absolute atomic E-state index is 12.6. The molecule has 29 heavy (non-hydrogen) atoms. The number of sulfone groups is 1. The van der Waals surface area contributed by atoms with E-state index in [4.69, 9.17) is 23.2 Å². The summed E-state index contributed by atoms with van der Waals surface area (Å²) in [4.78, 5) is 21.9. The molecule has 1 amide bonds. The fourth-order valence-electron chi connectivity index (χ4n) is 2.71. The van der Waals surface area contributed by atoms with Crippen LogP contribution in [0.1, 0.15) is 22.2 Å². The molecule has 0 radical (unpaired) electrons. The van der Waals surface area contributed by atoms with Crippen molar-refractivity contribution in [1.29, 1.82) is 0 Å². The summed E-state index contributed by atoms with van der Waals surface area (Å²) >= 11 is 14.6. The molecule has 1 aromatic carbocycles. The summed E-state index contributed by atoms with van der Waals surface area (Å²) in [6.07, 6.45) is 4.41. The number of halogens is 2. The third-order valence-electron chi connectivity index (χ3n) is 4.01. The van der Waals surface area contributed by atoms with Gasteiger partial charge in [-0.2, -0.15) is 0 Å². The molecule has 1 aliphatic heterocycles. The van der Waals surface area contributed by atoms with Gasteiger partial charge in [-0.3, -0.25) is 9.78 Å². The summed E-state index contributed by atoms with van der Waals surface area (Å²) in [7, 11) is -3.47. The van der Waals surface area contributed by atoms with E-state index in [2.05, 4.69) is 15.3 Å². The van der Waals surface area contributed by atoms with E-state index in [0.29, 0.717) is 41.0 Å². The average Bonchev–Trinajstić information content (AvgIpc) is 3.21. The number of amides is 1. The molecule has 0 saturated heterocycles. The van der Waals surface area contributed by atoms with Crippen molar-refractivity contribution in [3.05, 3.63) is 62.7 Å². The molecule has 0 aliphatic carbocycles. The summed E-state index contributed by atoms with van der Waals surface area (Å²) in [5.74, 6) is -0.388. The minimum Gasteiger partial charge on any atom is -0.321 e. The van der Waals surface area contributed by atoms with Gasteiger partial charge >= 0.3 is 0 Å². The van der Waals surface area contributed by atoms with Crippen LogP contribution in [0.5, 0.6) is 0 Å². The van der Waals surface area contributed by atoms with Crippen LogP contribution in [0.3, 0.4) is 0 Å². The molecular weight excluding hydrogens is 473 g/mol. The first kappa shape index (κ1) is 20.4. The number of fused-ring (bicyclic) bond motifs is 1. The van der Waals surface area contributed by atoms with E-state index in [0.717, 1.165) is 0 Å². The van der Waals surface area contributed by atoms with E-state index < -0.39 is 9.84 Å². The summed E-state index contributed by atoms with van der Waals surface area (Å²) in [6.45, 7) is 1.74. The topological polar surface area (TPSA) is 89.0 Å². The van der Waals surface area contributed by atoms with Gasteiger partial charge in [-0.05, 0) is 30.2 Å². The number of pyridine rings is 1. The molecule has 3 aromatic rings. The van der Waals surface area contributed by atoms with Crippen molar-refractivity contribution < 1.29 is 13.2 Å². The van der Waals surface area contributed by atoms with Crippen LogP contribution in [-0.2, 0) is 9.84 Å². The molecule has 0 bridgehead atoms. The van der Waals surface area contributed by atoms with Gasteiger partial charge in [0.05, 0.1) is 26.0 Å². The molecule has 0 unspecified atom stereocenters. The lowest BCUT2D eigenvalue weighted by Crippen LogP contribution is -2.10. The first-order valence-corrected chi connectivity index (χ1v) is 12.0. The van der Waals surface area contributed by atoms with Crippen molar-refractivity contribution in [2.24, 2.45) is 0 Å². The Labute approximate surface area is 184 Å². The predicted molar refractivity (Wildman–Crippen MR) is 116 cm³/mol. The quantitative estimate of drug-likeness (QED) is 0.534. The van der Waals surface area contributed by atoms with Crippen LogP contribution in [0, 0.1) is 0 Å². The van der Waals surface area contributed by atoms with Gasteiger partial charge in [0.1, 0.15) is 4.88 Å². The SMILES string of the molecule is CC1=CS(=O)(=O)c2cc(NC(=O)c3cnc(Sc4c(Cl)cncc4Cl)s3)ccc21. The summed E-state index contributed by atoms with van der Waals surface area (Å²) in [5.41, 5.74) is 1.71. The molecule has 1 N–H and O–H groups in total. The molecular formula is C18H11Cl2N3O3S3. The Bertz CT molecular complexity index is 1270. The number of nitrogens with zero attached hydrogens (tertiary/aromatic N) is 2. The number of thiazole rings is 1. The standard InChI is InChI=1S/C18H11Cl2N3O3S3/c1-9-8-29(25,26)15-4-10(2-3-11(9)15)23-17(24)14-7-22-18(27-14)28-16-12(19)5-21-6-13(16)20/h2-8H,1H3,(H,23,24). The van der Waals surface area contributed by atoms with E-state index in [-0.39, 0.29) is 10.8 Å². The molecule has 6 nitrogen and oxygen atoms in total. The van der Waals surface area contributed by atoms with Crippen LogP contribution in [0.4, 0.5) is 5.69 Å². The van der Waals surface area contributed by atoms with Gasteiger partial charge in [-0.25, -0.2) is 13.4 Å². The highest BCUT2D eigenvalue weighted by molar-refractivity contribution is 8.01. The second-order valence-electron chi connectivity index (χ2n) is 6.04. The molecule has 0 spiro atoms. The number of anilines is 1. The number of rotatable bonds is 4. The Morgan fingerprint density at radius 1 is 1.17 bits per heavy atom. The lowest BCUT2D eigenvalue weighted by molar-refractivity contribution is 0.103. The molecule has 0 saturated carbocycles. The number of hydrogen-bond acceptors (Lipinski definition) is 7. The highest BCUT2D eigenvalue weighted by Gasteiger charge is 2.25. The molecule has 3 heterocycles. The zero-order chi connectivity index (χ0) is 20.8. The van der Waals surface area contributed by atoms with E-state index in [1.54, 1.807) is 19.1 Å². The highest BCUT2D eigenvalue weighted by Crippen LogP contribution is 2.39. The highest BCUT2D eigenvalue weighted by atomic mass is 35.5. The van der Waals surface area contributed by atoms with Crippen molar-refractivity contribution in [3.8, 4) is 0 Å². The van der Waals surface area contributed by atoms with Gasteiger partial charge in [-0.1, -0.05) is 41.0 Å². The van der Waals surface area contributed by atoms with Gasteiger partial charge in [0.25, 0.3) is 5.91 Å². The largest absolute Gasteiger partial charge is 0.321 e. The first-order valence-electron chi connectivity index (χ1n) is 8.06. The van der Waals surface area contributed by atoms with Crippen LogP contribution in [0.2, 0.25) is 10.0 Å². The van der Waals surface area contributed by atoms with Crippen LogP contribution in [0.25, 0.3) is 5.57 Å². The number of hydrogen-bond donors (Lipinski definition) is 1. The molecule has 0 fully saturated rings. The van der Waals surface area contributed by atoms with Gasteiger partial charge < -0.3 is 5.32 Å². The van der Waals surface area contributed by atoms with E-state index in [9.17, 15) is 13.2 Å². The molecule has 11 heteroatoms. The number of carbonyl (C=O) groups excluding carboxylic acids is 1. The number of allylic oxidation sites excluding steroid dienone is 1. The third-order valence-corrected chi connectivity index (χ3v) is 8.64. The maximum atomic E-state index is 12.6. The molecule has 0 atom stereocenters. The number of aromatic nitrogens is 2. The van der Waals surface area contributed by atoms with E-state index in [1.165, 1.54) is 53.2 Å². The van der Waals surface area contributed by atoms with Crippen LogP contribution >= 0.6 is 46.3 Å². The van der Waals surface area contributed by atoms with Crippen LogP contribution < -0.4 is 5.32 Å². The number of benzene rings is 1. The second kappa shape index (κ2) is 7.73. The predicted octanol–water partition coefficient (Wildman–Crippen LogP) is 5.40. The molecule has 4 rings (SSSR count). The lowest BCUT2D eigenvalue weighted by Gasteiger charge is -2.06. The Hall–Kier alpha value is -1.91. The average molecular weight is 484 g/mol. The van der Waals surface area contributed by atoms with Gasteiger partial charge in [0, 0.05) is 23.5 Å². The maximum Gasteiger partial charge on any atom is 0.267 e. The zero-order valence-electron chi connectivity index (χ0n) is 14.6. The normalized spacial score (nSPS) is 14.4. The van der Waals surface area contributed by atoms with Crippen LogP contribution in [0.15, 0.2) is 56.3 Å². The van der Waals surface area contributed by atoms with E-state index >= 15 is 0 Å². The second-order valence-corrected chi connectivity index (χ2v) is 10.9. The minimum atomic E-state index is -3.47.